The van der Waals surface area contributed by atoms with E-state index >= 15 is 0 Å². The number of ether oxygens (including phenoxy) is 1. The molecule has 0 aliphatic rings. The molecule has 0 fully saturated rings. The van der Waals surface area contributed by atoms with Gasteiger partial charge in [-0.2, -0.15) is 0 Å². The van der Waals surface area contributed by atoms with Crippen LogP contribution in [0.25, 0.3) is 0 Å². The summed E-state index contributed by atoms with van der Waals surface area (Å²) in [6, 6.07) is 4.78. The number of nitro groups is 1. The molecular weight excluding hydrogens is 262 g/mol. The van der Waals surface area contributed by atoms with Crippen molar-refractivity contribution in [2.45, 2.75) is 18.2 Å². The molecule has 0 heterocycles. The monoisotopic (exact) mass is 273 g/mol. The number of hydrogen-bond donors (Lipinski definition) is 0. The fourth-order valence-corrected chi connectivity index (χ4v) is 1.68. The second-order valence-corrected chi connectivity index (χ2v) is 4.80. The highest BCUT2D eigenvalue weighted by Gasteiger charge is 2.15. The molecule has 82 valence electrons. The largest absolute Gasteiger partial charge is 0.497 e. The maximum absolute atomic E-state index is 10.8. The Labute approximate surface area is 96.5 Å². The Hall–Kier alpha value is -1.10. The van der Waals surface area contributed by atoms with Crippen LogP contribution >= 0.6 is 15.9 Å². The van der Waals surface area contributed by atoms with Crippen molar-refractivity contribution in [2.24, 2.45) is 0 Å². The predicted octanol–water partition coefficient (Wildman–Crippen LogP) is 2.93. The van der Waals surface area contributed by atoms with Crippen molar-refractivity contribution in [3.63, 3.8) is 0 Å². The fourth-order valence-electron chi connectivity index (χ4n) is 1.33. The summed E-state index contributed by atoms with van der Waals surface area (Å²) in [6.45, 7) is 1.95. The lowest BCUT2D eigenvalue weighted by Crippen LogP contribution is -2.02. The van der Waals surface area contributed by atoms with Crippen LogP contribution in [-0.4, -0.2) is 16.9 Å². The zero-order valence-electron chi connectivity index (χ0n) is 8.57. The number of benzene rings is 1. The molecule has 0 radical (unpaired) electrons. The van der Waals surface area contributed by atoms with E-state index in [1.807, 2.05) is 6.92 Å². The Morgan fingerprint density at radius 3 is 2.73 bits per heavy atom. The number of hydrogen-bond acceptors (Lipinski definition) is 3. The van der Waals surface area contributed by atoms with E-state index < -0.39 is 0 Å². The van der Waals surface area contributed by atoms with Crippen LogP contribution in [0.4, 0.5) is 5.69 Å². The molecule has 1 atom stereocenters. The highest BCUT2D eigenvalue weighted by atomic mass is 79.9. The van der Waals surface area contributed by atoms with Crippen LogP contribution in [-0.2, 0) is 6.42 Å². The number of halogens is 1. The molecule has 0 saturated heterocycles. The summed E-state index contributed by atoms with van der Waals surface area (Å²) in [5, 5.41) is 10.8. The highest BCUT2D eigenvalue weighted by molar-refractivity contribution is 9.09. The first-order valence-corrected chi connectivity index (χ1v) is 5.41. The molecule has 0 N–H and O–H groups in total. The summed E-state index contributed by atoms with van der Waals surface area (Å²) in [7, 11) is 1.54. The van der Waals surface area contributed by atoms with Crippen molar-refractivity contribution in [1.29, 1.82) is 0 Å². The highest BCUT2D eigenvalue weighted by Crippen LogP contribution is 2.26. The van der Waals surface area contributed by atoms with Crippen LogP contribution in [0.3, 0.4) is 0 Å². The van der Waals surface area contributed by atoms with Crippen LogP contribution < -0.4 is 4.74 Å². The first-order valence-electron chi connectivity index (χ1n) is 4.50. The minimum Gasteiger partial charge on any atom is -0.497 e. The average molecular weight is 274 g/mol. The minimum absolute atomic E-state index is 0.141. The van der Waals surface area contributed by atoms with E-state index in [0.29, 0.717) is 17.7 Å². The van der Waals surface area contributed by atoms with E-state index in [1.165, 1.54) is 6.07 Å². The molecule has 0 saturated carbocycles. The second kappa shape index (κ2) is 5.11. The zero-order valence-corrected chi connectivity index (χ0v) is 10.2. The second-order valence-electron chi connectivity index (χ2n) is 3.24. The summed E-state index contributed by atoms with van der Waals surface area (Å²) < 4.78 is 5.03. The van der Waals surface area contributed by atoms with Crippen molar-refractivity contribution >= 4 is 21.6 Å². The van der Waals surface area contributed by atoms with Gasteiger partial charge in [0.15, 0.2) is 0 Å². The van der Waals surface area contributed by atoms with E-state index in [1.54, 1.807) is 19.2 Å². The van der Waals surface area contributed by atoms with E-state index in [2.05, 4.69) is 15.9 Å². The number of rotatable bonds is 4. The van der Waals surface area contributed by atoms with Crippen molar-refractivity contribution in [3.05, 3.63) is 33.9 Å². The molecule has 0 aliphatic carbocycles. The maximum Gasteiger partial charge on any atom is 0.272 e. The van der Waals surface area contributed by atoms with Crippen molar-refractivity contribution in [1.82, 2.24) is 0 Å². The SMILES string of the molecule is COc1ccc([N+](=O)[O-])c(CC(C)Br)c1. The number of methoxy groups -OCH3 is 1. The van der Waals surface area contributed by atoms with Gasteiger partial charge >= 0.3 is 0 Å². The maximum atomic E-state index is 10.8. The van der Waals surface area contributed by atoms with Crippen molar-refractivity contribution in [3.8, 4) is 5.75 Å². The zero-order chi connectivity index (χ0) is 11.4. The van der Waals surface area contributed by atoms with Gasteiger partial charge in [0, 0.05) is 16.5 Å². The molecule has 1 rings (SSSR count). The first-order chi connectivity index (χ1) is 7.04. The third-order valence-corrected chi connectivity index (χ3v) is 2.31. The van der Waals surface area contributed by atoms with Crippen molar-refractivity contribution < 1.29 is 9.66 Å². The Kier molecular flexibility index (Phi) is 4.08. The van der Waals surface area contributed by atoms with E-state index in [4.69, 9.17) is 4.74 Å². The fraction of sp³-hybridized carbons (Fsp3) is 0.400. The number of nitrogens with zero attached hydrogens (tertiary/aromatic N) is 1. The third kappa shape index (κ3) is 3.20. The summed E-state index contributed by atoms with van der Waals surface area (Å²) in [4.78, 5) is 10.6. The Morgan fingerprint density at radius 1 is 1.60 bits per heavy atom. The smallest absolute Gasteiger partial charge is 0.272 e. The lowest BCUT2D eigenvalue weighted by atomic mass is 10.1. The van der Waals surface area contributed by atoms with Gasteiger partial charge in [-0.05, 0) is 18.6 Å². The average Bonchev–Trinajstić information content (AvgIpc) is 2.16. The van der Waals surface area contributed by atoms with Gasteiger partial charge in [0.2, 0.25) is 0 Å². The predicted molar refractivity (Wildman–Crippen MR) is 61.7 cm³/mol. The molecular formula is C10H12BrNO3. The minimum atomic E-state index is -0.371. The van der Waals surface area contributed by atoms with Crippen LogP contribution in [0.15, 0.2) is 18.2 Å². The summed E-state index contributed by atoms with van der Waals surface area (Å²) in [5.74, 6) is 0.642. The summed E-state index contributed by atoms with van der Waals surface area (Å²) in [6.07, 6.45) is 0.605. The van der Waals surface area contributed by atoms with Crippen molar-refractivity contribution in [2.75, 3.05) is 7.11 Å². The van der Waals surface area contributed by atoms with Crippen LogP contribution in [0.1, 0.15) is 12.5 Å². The van der Waals surface area contributed by atoms with Gasteiger partial charge in [-0.1, -0.05) is 22.9 Å². The standard InChI is InChI=1S/C10H12BrNO3/c1-7(11)5-8-6-9(15-2)3-4-10(8)12(13)14/h3-4,6-7H,5H2,1-2H3. The van der Waals surface area contributed by atoms with Gasteiger partial charge < -0.3 is 4.74 Å². The summed E-state index contributed by atoms with van der Waals surface area (Å²) >= 11 is 3.38. The molecule has 0 bridgehead atoms. The summed E-state index contributed by atoms with van der Waals surface area (Å²) in [5.41, 5.74) is 0.825. The van der Waals surface area contributed by atoms with E-state index in [-0.39, 0.29) is 15.4 Å². The van der Waals surface area contributed by atoms with E-state index in [9.17, 15) is 10.1 Å². The normalized spacial score (nSPS) is 12.2. The molecule has 0 amide bonds. The number of nitro benzene ring substituents is 1. The molecule has 0 aliphatic heterocycles. The molecule has 0 aromatic heterocycles. The van der Waals surface area contributed by atoms with Gasteiger partial charge in [-0.15, -0.1) is 0 Å². The first kappa shape index (κ1) is 12.0. The Balaban J connectivity index is 3.10. The van der Waals surface area contributed by atoms with Gasteiger partial charge in [-0.3, -0.25) is 10.1 Å². The van der Waals surface area contributed by atoms with E-state index in [0.717, 1.165) is 0 Å². The lowest BCUT2D eigenvalue weighted by Gasteiger charge is -2.06. The third-order valence-electron chi connectivity index (χ3n) is 1.98. The number of alkyl halides is 1. The Bertz CT molecular complexity index is 366. The molecule has 4 nitrogen and oxygen atoms in total. The van der Waals surface area contributed by atoms with Gasteiger partial charge in [0.05, 0.1) is 12.0 Å². The van der Waals surface area contributed by atoms with Crippen LogP contribution in [0.2, 0.25) is 0 Å². The Morgan fingerprint density at radius 2 is 2.27 bits per heavy atom. The van der Waals surface area contributed by atoms with Gasteiger partial charge in [0.1, 0.15) is 5.75 Å². The molecule has 15 heavy (non-hydrogen) atoms. The van der Waals surface area contributed by atoms with Gasteiger partial charge in [0.25, 0.3) is 5.69 Å². The molecule has 5 heteroatoms. The molecule has 1 aromatic rings. The quantitative estimate of drug-likeness (QED) is 0.482. The van der Waals surface area contributed by atoms with Gasteiger partial charge in [-0.25, -0.2) is 0 Å². The molecule has 0 spiro atoms. The lowest BCUT2D eigenvalue weighted by molar-refractivity contribution is -0.385. The molecule has 1 unspecified atom stereocenters. The van der Waals surface area contributed by atoms with Crippen LogP contribution in [0, 0.1) is 10.1 Å². The molecule has 1 aromatic carbocycles. The topological polar surface area (TPSA) is 52.4 Å². The van der Waals surface area contributed by atoms with Crippen LogP contribution in [0.5, 0.6) is 5.75 Å².